The van der Waals surface area contributed by atoms with Crippen LogP contribution in [0, 0.1) is 0 Å². The molecule has 0 radical (unpaired) electrons. The van der Waals surface area contributed by atoms with Crippen molar-refractivity contribution in [2.75, 3.05) is 19.0 Å². The smallest absolute Gasteiger partial charge is 0.0440 e. The van der Waals surface area contributed by atoms with E-state index in [4.69, 9.17) is 0 Å². The van der Waals surface area contributed by atoms with Gasteiger partial charge in [-0.1, -0.05) is 115 Å². The normalized spacial score (nSPS) is 12.4. The van der Waals surface area contributed by atoms with E-state index in [9.17, 15) is 0 Å². The second kappa shape index (κ2) is 9.44. The van der Waals surface area contributed by atoms with Crippen molar-refractivity contribution in [1.82, 2.24) is 0 Å². The van der Waals surface area contributed by atoms with Crippen molar-refractivity contribution in [2.45, 2.75) is 0 Å². The van der Waals surface area contributed by atoms with Gasteiger partial charge in [-0.3, -0.25) is 0 Å². The van der Waals surface area contributed by atoms with Crippen molar-refractivity contribution in [1.29, 1.82) is 0 Å². The molecule has 0 aliphatic heterocycles. The molecule has 0 N–H and O–H groups in total. The Morgan fingerprint density at radius 2 is 0.958 bits per heavy atom. The van der Waals surface area contributed by atoms with Gasteiger partial charge in [0.15, 0.2) is 0 Å². The molecule has 0 aliphatic carbocycles. The van der Waals surface area contributed by atoms with Gasteiger partial charge in [0, 0.05) is 40.0 Å². The molecule has 0 saturated carbocycles. The van der Waals surface area contributed by atoms with Gasteiger partial charge in [0.25, 0.3) is 0 Å². The average Bonchev–Trinajstić information content (AvgIpc) is 3.52. The molecule has 0 fully saturated rings. The highest BCUT2D eigenvalue weighted by atomic mass is 32.1. The third-order valence-electron chi connectivity index (χ3n) is 10.7. The van der Waals surface area contributed by atoms with Crippen LogP contribution in [0.5, 0.6) is 0 Å². The first-order valence-corrected chi connectivity index (χ1v) is 17.4. The molecule has 224 valence electrons. The minimum atomic E-state index is 1.25. The molecule has 1 nitrogen and oxygen atoms in total. The van der Waals surface area contributed by atoms with Crippen LogP contribution in [0.2, 0.25) is 0 Å². The summed E-state index contributed by atoms with van der Waals surface area (Å²) >= 11 is 1.93. The first-order valence-electron chi connectivity index (χ1n) is 16.6. The summed E-state index contributed by atoms with van der Waals surface area (Å²) in [6.07, 6.45) is 0. The number of anilines is 1. The Morgan fingerprint density at radius 1 is 0.396 bits per heavy atom. The van der Waals surface area contributed by atoms with Crippen LogP contribution in [0.4, 0.5) is 5.69 Å². The zero-order chi connectivity index (χ0) is 31.7. The fraction of sp³-hybridized carbons (Fsp3) is 0.0435. The minimum absolute atomic E-state index is 1.25. The van der Waals surface area contributed by atoms with Crippen molar-refractivity contribution in [2.24, 2.45) is 0 Å². The van der Waals surface area contributed by atoms with E-state index in [0.29, 0.717) is 0 Å². The number of thiophene rings is 1. The minimum Gasteiger partial charge on any atom is -0.378 e. The summed E-state index contributed by atoms with van der Waals surface area (Å²) in [5.74, 6) is 0. The van der Waals surface area contributed by atoms with Crippen molar-refractivity contribution >= 4 is 102 Å². The number of hydrogen-bond acceptors (Lipinski definition) is 2. The van der Waals surface area contributed by atoms with Crippen LogP contribution in [0.3, 0.4) is 0 Å². The van der Waals surface area contributed by atoms with E-state index in [1.807, 2.05) is 11.3 Å². The van der Waals surface area contributed by atoms with Gasteiger partial charge in [-0.2, -0.15) is 0 Å². The predicted octanol–water partition coefficient (Wildman–Crippen LogP) is 13.2. The molecule has 1 heterocycles. The van der Waals surface area contributed by atoms with Crippen molar-refractivity contribution in [3.05, 3.63) is 140 Å². The highest BCUT2D eigenvalue weighted by Gasteiger charge is 2.18. The largest absolute Gasteiger partial charge is 0.378 e. The van der Waals surface area contributed by atoms with E-state index in [1.165, 1.54) is 113 Å². The maximum Gasteiger partial charge on any atom is 0.0440 e. The molecule has 2 heteroatoms. The topological polar surface area (TPSA) is 3.24 Å². The third-order valence-corrected chi connectivity index (χ3v) is 11.9. The first kappa shape index (κ1) is 26.4. The lowest BCUT2D eigenvalue weighted by molar-refractivity contribution is 1.14. The molecule has 0 unspecified atom stereocenters. The van der Waals surface area contributed by atoms with Crippen LogP contribution < -0.4 is 4.90 Å². The second-order valence-electron chi connectivity index (χ2n) is 13.5. The maximum atomic E-state index is 2.38. The van der Waals surface area contributed by atoms with Crippen molar-refractivity contribution in [3.63, 3.8) is 0 Å². The van der Waals surface area contributed by atoms with Gasteiger partial charge in [0.05, 0.1) is 0 Å². The fourth-order valence-corrected chi connectivity index (χ4v) is 9.79. The van der Waals surface area contributed by atoms with Gasteiger partial charge in [-0.05, 0) is 111 Å². The summed E-state index contributed by atoms with van der Waals surface area (Å²) in [7, 11) is 4.24. The molecule has 0 bridgehead atoms. The summed E-state index contributed by atoms with van der Waals surface area (Å²) in [6.45, 7) is 0. The number of benzene rings is 10. The number of hydrogen-bond donors (Lipinski definition) is 0. The molecule has 11 rings (SSSR count). The lowest BCUT2D eigenvalue weighted by atomic mass is 9.87. The molecular weight excluding hydrogens is 599 g/mol. The SMILES string of the molecule is CN(C)c1cc2ccc3ccc(-c4ccc5cc(-c6ccc7c8cccc9cccc(c%10cccc6c%107)c98)ccc5c4)c4sc(c1)c2c34. The van der Waals surface area contributed by atoms with Gasteiger partial charge in [0.1, 0.15) is 0 Å². The Kier molecular flexibility index (Phi) is 5.19. The summed E-state index contributed by atoms with van der Waals surface area (Å²) in [5.41, 5.74) is 6.37. The average molecular weight is 628 g/mol. The van der Waals surface area contributed by atoms with Gasteiger partial charge in [-0.15, -0.1) is 11.3 Å². The molecule has 0 atom stereocenters. The van der Waals surface area contributed by atoms with E-state index >= 15 is 0 Å². The zero-order valence-electron chi connectivity index (χ0n) is 26.6. The molecule has 0 spiro atoms. The Labute approximate surface area is 281 Å². The molecule has 0 aliphatic rings. The lowest BCUT2D eigenvalue weighted by Crippen LogP contribution is -2.08. The quantitative estimate of drug-likeness (QED) is 0.139. The molecular formula is C46H29NS. The van der Waals surface area contributed by atoms with Crippen LogP contribution in [0.25, 0.3) is 107 Å². The van der Waals surface area contributed by atoms with E-state index in [1.54, 1.807) is 0 Å². The Morgan fingerprint density at radius 3 is 1.71 bits per heavy atom. The van der Waals surface area contributed by atoms with Gasteiger partial charge in [0.2, 0.25) is 0 Å². The van der Waals surface area contributed by atoms with Crippen molar-refractivity contribution in [3.8, 4) is 22.3 Å². The number of nitrogens with zero attached hydrogens (tertiary/aromatic N) is 1. The van der Waals surface area contributed by atoms with E-state index < -0.39 is 0 Å². The summed E-state index contributed by atoms with van der Waals surface area (Å²) in [6, 6.07) is 52.7. The molecule has 0 amide bonds. The third kappa shape index (κ3) is 3.50. The molecule has 48 heavy (non-hydrogen) atoms. The highest BCUT2D eigenvalue weighted by Crippen LogP contribution is 2.47. The Hall–Kier alpha value is -5.70. The van der Waals surface area contributed by atoms with Crippen LogP contribution in [0.1, 0.15) is 0 Å². The predicted molar refractivity (Wildman–Crippen MR) is 212 cm³/mol. The number of rotatable bonds is 3. The maximum absolute atomic E-state index is 2.38. The molecule has 1 aromatic heterocycles. The van der Waals surface area contributed by atoms with E-state index in [0.717, 1.165) is 0 Å². The lowest BCUT2D eigenvalue weighted by Gasteiger charge is -2.17. The van der Waals surface area contributed by atoms with Gasteiger partial charge < -0.3 is 4.90 Å². The Bertz CT molecular complexity index is 3040. The number of fused-ring (bicyclic) bond motifs is 3. The standard InChI is InChI=1S/C46H29NS/c1-47(2)33-24-32-17-12-27-18-19-35(46-44(27)43(32)41(25-33)48-46)31-16-14-28-22-30(15-13-29(28)23-31)34-20-21-40-38-9-4-7-26-6-3-8-37(42(26)38)39-11-5-10-36(34)45(39)40/h3-25H,1-2H3. The summed E-state index contributed by atoms with van der Waals surface area (Å²) in [5, 5.41) is 18.6. The van der Waals surface area contributed by atoms with Crippen LogP contribution in [-0.4, -0.2) is 14.1 Å². The fourth-order valence-electron chi connectivity index (χ4n) is 8.46. The molecule has 0 saturated heterocycles. The van der Waals surface area contributed by atoms with E-state index in [-0.39, 0.29) is 0 Å². The summed E-state index contributed by atoms with van der Waals surface area (Å²) < 4.78 is 2.73. The molecule has 10 aromatic carbocycles. The van der Waals surface area contributed by atoms with Gasteiger partial charge in [-0.25, -0.2) is 0 Å². The Balaban J connectivity index is 1.07. The second-order valence-corrected chi connectivity index (χ2v) is 14.6. The van der Waals surface area contributed by atoms with Crippen LogP contribution >= 0.6 is 11.3 Å². The molecule has 11 aromatic rings. The van der Waals surface area contributed by atoms with Crippen LogP contribution in [-0.2, 0) is 0 Å². The zero-order valence-corrected chi connectivity index (χ0v) is 27.5. The highest BCUT2D eigenvalue weighted by molar-refractivity contribution is 7.26. The monoisotopic (exact) mass is 627 g/mol. The summed E-state index contributed by atoms with van der Waals surface area (Å²) in [4.78, 5) is 2.20. The van der Waals surface area contributed by atoms with Crippen molar-refractivity contribution < 1.29 is 0 Å². The van der Waals surface area contributed by atoms with E-state index in [2.05, 4.69) is 159 Å². The first-order chi connectivity index (χ1) is 23.6. The van der Waals surface area contributed by atoms with Crippen LogP contribution in [0.15, 0.2) is 140 Å². The van der Waals surface area contributed by atoms with Gasteiger partial charge >= 0.3 is 0 Å².